The number of hydrogen-bond donors (Lipinski definition) is 1. The predicted octanol–water partition coefficient (Wildman–Crippen LogP) is 3.37. The molecule has 0 fully saturated rings. The zero-order valence-corrected chi connectivity index (χ0v) is 12.3. The second kappa shape index (κ2) is 6.15. The fourth-order valence-electron chi connectivity index (χ4n) is 1.67. The molecule has 1 atom stereocenters. The minimum absolute atomic E-state index is 0.125. The van der Waals surface area contributed by atoms with Gasteiger partial charge in [-0.15, -0.1) is 0 Å². The molecular weight excluding hydrogens is 339 g/mol. The number of nitrogens with two attached hydrogens (primary N) is 1. The minimum atomic E-state index is 0.125. The number of pyridine rings is 1. The van der Waals surface area contributed by atoms with Crippen molar-refractivity contribution in [3.05, 3.63) is 51.9 Å². The van der Waals surface area contributed by atoms with Crippen LogP contribution in [0.25, 0.3) is 0 Å². The molecule has 1 heterocycles. The summed E-state index contributed by atoms with van der Waals surface area (Å²) in [4.78, 5) is 4.17. The van der Waals surface area contributed by atoms with E-state index in [1.54, 1.807) is 6.20 Å². The fourth-order valence-corrected chi connectivity index (χ4v) is 2.18. The van der Waals surface area contributed by atoms with Crippen LogP contribution in [0.2, 0.25) is 0 Å². The monoisotopic (exact) mass is 354 g/mol. The largest absolute Gasteiger partial charge is 0.456 e. The topological polar surface area (TPSA) is 48.1 Å². The van der Waals surface area contributed by atoms with E-state index in [1.165, 1.54) is 0 Å². The van der Waals surface area contributed by atoms with Gasteiger partial charge in [-0.05, 0) is 65.8 Å². The van der Waals surface area contributed by atoms with Crippen molar-refractivity contribution in [2.75, 3.05) is 0 Å². The molecule has 0 spiro atoms. The van der Waals surface area contributed by atoms with Crippen LogP contribution < -0.4 is 10.5 Å². The fraction of sp³-hybridized carbons (Fsp3) is 0.214. The van der Waals surface area contributed by atoms with E-state index >= 15 is 0 Å². The Labute approximate surface area is 121 Å². The van der Waals surface area contributed by atoms with Crippen molar-refractivity contribution < 1.29 is 4.74 Å². The summed E-state index contributed by atoms with van der Waals surface area (Å²) in [6.07, 6.45) is 4.34. The lowest BCUT2D eigenvalue weighted by Crippen LogP contribution is -2.17. The number of ether oxygens (including phenoxy) is 1. The third-order valence-corrected chi connectivity index (χ3v) is 3.03. The van der Waals surface area contributed by atoms with Gasteiger partial charge in [0.15, 0.2) is 0 Å². The van der Waals surface area contributed by atoms with E-state index in [4.69, 9.17) is 10.5 Å². The number of benzene rings is 1. The Kier molecular flexibility index (Phi) is 4.54. The van der Waals surface area contributed by atoms with Crippen LogP contribution in [0, 0.1) is 3.57 Å². The Hall–Kier alpha value is -1.14. The maximum absolute atomic E-state index is 5.78. The average Bonchev–Trinajstić information content (AvgIpc) is 2.28. The summed E-state index contributed by atoms with van der Waals surface area (Å²) >= 11 is 2.26. The van der Waals surface area contributed by atoms with Gasteiger partial charge >= 0.3 is 0 Å². The van der Waals surface area contributed by atoms with Gasteiger partial charge in [0, 0.05) is 15.8 Å². The first-order valence-corrected chi connectivity index (χ1v) is 6.84. The van der Waals surface area contributed by atoms with Gasteiger partial charge in [0.25, 0.3) is 0 Å². The van der Waals surface area contributed by atoms with E-state index < -0.39 is 0 Å². The maximum Gasteiger partial charge on any atom is 0.145 e. The first-order valence-electron chi connectivity index (χ1n) is 5.76. The van der Waals surface area contributed by atoms with Crippen molar-refractivity contribution in [1.82, 2.24) is 4.98 Å². The molecule has 1 aromatic heterocycles. The number of rotatable bonds is 4. The average molecular weight is 354 g/mol. The lowest BCUT2D eigenvalue weighted by Gasteiger charge is -2.08. The van der Waals surface area contributed by atoms with Crippen LogP contribution >= 0.6 is 22.6 Å². The van der Waals surface area contributed by atoms with Crippen LogP contribution in [-0.4, -0.2) is 11.0 Å². The second-order valence-electron chi connectivity index (χ2n) is 4.27. The van der Waals surface area contributed by atoms with E-state index in [9.17, 15) is 0 Å². The van der Waals surface area contributed by atoms with Crippen LogP contribution in [0.1, 0.15) is 12.5 Å². The van der Waals surface area contributed by atoms with Crippen LogP contribution in [0.4, 0.5) is 0 Å². The normalized spacial score (nSPS) is 12.2. The Morgan fingerprint density at radius 1 is 1.28 bits per heavy atom. The molecule has 2 aromatic rings. The molecule has 0 saturated heterocycles. The van der Waals surface area contributed by atoms with Gasteiger partial charge in [0.1, 0.15) is 11.5 Å². The molecule has 0 bridgehead atoms. The molecule has 0 aliphatic rings. The second-order valence-corrected chi connectivity index (χ2v) is 5.52. The molecule has 1 unspecified atom stereocenters. The first-order chi connectivity index (χ1) is 8.63. The third kappa shape index (κ3) is 3.96. The van der Waals surface area contributed by atoms with Crippen molar-refractivity contribution in [3.8, 4) is 11.5 Å². The Balaban J connectivity index is 2.14. The van der Waals surface area contributed by atoms with Crippen molar-refractivity contribution in [3.63, 3.8) is 0 Å². The highest BCUT2D eigenvalue weighted by atomic mass is 127. The van der Waals surface area contributed by atoms with E-state index in [1.807, 2.05) is 43.5 Å². The van der Waals surface area contributed by atoms with Crippen molar-refractivity contribution in [2.45, 2.75) is 19.4 Å². The predicted molar refractivity (Wildman–Crippen MR) is 80.8 cm³/mol. The van der Waals surface area contributed by atoms with Gasteiger partial charge in [-0.25, -0.2) is 0 Å². The van der Waals surface area contributed by atoms with E-state index in [2.05, 4.69) is 27.6 Å². The molecule has 0 saturated carbocycles. The highest BCUT2D eigenvalue weighted by Crippen LogP contribution is 2.23. The number of nitrogens with zero attached hydrogens (tertiary/aromatic N) is 1. The van der Waals surface area contributed by atoms with Crippen LogP contribution in [0.3, 0.4) is 0 Å². The lowest BCUT2D eigenvalue weighted by atomic mass is 10.1. The molecule has 0 aliphatic carbocycles. The van der Waals surface area contributed by atoms with E-state index in [0.717, 1.165) is 27.1 Å². The highest BCUT2D eigenvalue weighted by Gasteiger charge is 2.02. The number of hydrogen-bond acceptors (Lipinski definition) is 3. The van der Waals surface area contributed by atoms with E-state index in [0.29, 0.717) is 0 Å². The molecule has 3 nitrogen and oxygen atoms in total. The van der Waals surface area contributed by atoms with E-state index in [-0.39, 0.29) is 6.04 Å². The van der Waals surface area contributed by atoms with Gasteiger partial charge in [-0.1, -0.05) is 6.07 Å². The summed E-state index contributed by atoms with van der Waals surface area (Å²) in [5, 5.41) is 0. The SMILES string of the molecule is CC(N)Cc1cncc(Oc2cccc(I)c2)c1. The highest BCUT2D eigenvalue weighted by molar-refractivity contribution is 14.1. The summed E-state index contributed by atoms with van der Waals surface area (Å²) < 4.78 is 6.92. The first kappa shape index (κ1) is 13.3. The van der Waals surface area contributed by atoms with Gasteiger partial charge in [-0.3, -0.25) is 4.98 Å². The standard InChI is InChI=1S/C14H15IN2O/c1-10(16)5-11-6-14(9-17-8-11)18-13-4-2-3-12(15)7-13/h2-4,6-10H,5,16H2,1H3. The Morgan fingerprint density at radius 2 is 2.11 bits per heavy atom. The minimum Gasteiger partial charge on any atom is -0.456 e. The quantitative estimate of drug-likeness (QED) is 0.857. The third-order valence-electron chi connectivity index (χ3n) is 2.36. The molecule has 4 heteroatoms. The summed E-state index contributed by atoms with van der Waals surface area (Å²) in [7, 11) is 0. The molecule has 0 radical (unpaired) electrons. The molecule has 0 aliphatic heterocycles. The zero-order valence-electron chi connectivity index (χ0n) is 10.1. The molecule has 94 valence electrons. The molecule has 2 rings (SSSR count). The maximum atomic E-state index is 5.78. The number of halogens is 1. The molecule has 18 heavy (non-hydrogen) atoms. The van der Waals surface area contributed by atoms with Gasteiger partial charge < -0.3 is 10.5 Å². The van der Waals surface area contributed by atoms with Crippen LogP contribution in [0.15, 0.2) is 42.7 Å². The van der Waals surface area contributed by atoms with Crippen molar-refractivity contribution >= 4 is 22.6 Å². The van der Waals surface area contributed by atoms with Gasteiger partial charge in [-0.2, -0.15) is 0 Å². The van der Waals surface area contributed by atoms with Crippen molar-refractivity contribution in [1.29, 1.82) is 0 Å². The van der Waals surface area contributed by atoms with Gasteiger partial charge in [0.2, 0.25) is 0 Å². The Bertz CT molecular complexity index is 529. The van der Waals surface area contributed by atoms with Crippen LogP contribution in [-0.2, 0) is 6.42 Å². The van der Waals surface area contributed by atoms with Gasteiger partial charge in [0.05, 0.1) is 6.20 Å². The molecule has 0 amide bonds. The summed E-state index contributed by atoms with van der Waals surface area (Å²) in [6.45, 7) is 1.98. The number of aromatic nitrogens is 1. The lowest BCUT2D eigenvalue weighted by molar-refractivity contribution is 0.478. The van der Waals surface area contributed by atoms with Crippen LogP contribution in [0.5, 0.6) is 11.5 Å². The molecule has 1 aromatic carbocycles. The summed E-state index contributed by atoms with van der Waals surface area (Å²) in [6, 6.07) is 10.0. The molecule has 2 N–H and O–H groups in total. The summed E-state index contributed by atoms with van der Waals surface area (Å²) in [5.74, 6) is 1.57. The Morgan fingerprint density at radius 3 is 2.83 bits per heavy atom. The molecular formula is C14H15IN2O. The van der Waals surface area contributed by atoms with Crippen molar-refractivity contribution in [2.24, 2.45) is 5.73 Å². The zero-order chi connectivity index (χ0) is 13.0. The smallest absolute Gasteiger partial charge is 0.145 e. The summed E-state index contributed by atoms with van der Waals surface area (Å²) in [5.41, 5.74) is 6.87.